The Labute approximate surface area is 101 Å². The molecule has 1 aliphatic carbocycles. The Morgan fingerprint density at radius 1 is 1.41 bits per heavy atom. The molecule has 1 aromatic rings. The molecule has 3 heteroatoms. The van der Waals surface area contributed by atoms with E-state index in [1.54, 1.807) is 6.07 Å². The largest absolute Gasteiger partial charge is 0.491 e. The van der Waals surface area contributed by atoms with Crippen LogP contribution in [0.2, 0.25) is 0 Å². The first-order chi connectivity index (χ1) is 7.97. The summed E-state index contributed by atoms with van der Waals surface area (Å²) in [5.41, 5.74) is 0.630. The molecule has 0 amide bonds. The van der Waals surface area contributed by atoms with E-state index in [4.69, 9.17) is 4.74 Å². The molecule has 17 heavy (non-hydrogen) atoms. The Morgan fingerprint density at radius 3 is 2.47 bits per heavy atom. The van der Waals surface area contributed by atoms with Crippen molar-refractivity contribution >= 4 is 0 Å². The third-order valence-corrected chi connectivity index (χ3v) is 3.97. The highest BCUT2D eigenvalue weighted by Crippen LogP contribution is 2.64. The summed E-state index contributed by atoms with van der Waals surface area (Å²) in [6.07, 6.45) is 0.893. The van der Waals surface area contributed by atoms with Gasteiger partial charge < -0.3 is 9.84 Å². The van der Waals surface area contributed by atoms with Gasteiger partial charge in [-0.15, -0.1) is 0 Å². The van der Waals surface area contributed by atoms with Crippen molar-refractivity contribution < 1.29 is 14.2 Å². The van der Waals surface area contributed by atoms with Gasteiger partial charge in [-0.2, -0.15) is 0 Å². The molecular formula is C14H19FO2. The number of hydrogen-bond donors (Lipinski definition) is 1. The molecule has 1 saturated carbocycles. The maximum absolute atomic E-state index is 13.8. The van der Waals surface area contributed by atoms with Crippen LogP contribution in [0.3, 0.4) is 0 Å². The Kier molecular flexibility index (Phi) is 2.90. The third-order valence-electron chi connectivity index (χ3n) is 3.97. The Balaban J connectivity index is 2.33. The van der Waals surface area contributed by atoms with E-state index in [0.29, 0.717) is 6.61 Å². The summed E-state index contributed by atoms with van der Waals surface area (Å²) in [4.78, 5) is 0. The van der Waals surface area contributed by atoms with E-state index < -0.39 is 0 Å². The van der Waals surface area contributed by atoms with Crippen LogP contribution in [-0.4, -0.2) is 18.3 Å². The van der Waals surface area contributed by atoms with Crippen LogP contribution in [-0.2, 0) is 5.41 Å². The van der Waals surface area contributed by atoms with E-state index in [9.17, 15) is 9.50 Å². The van der Waals surface area contributed by atoms with Gasteiger partial charge in [0.25, 0.3) is 0 Å². The summed E-state index contributed by atoms with van der Waals surface area (Å²) in [6.45, 7) is 6.53. The molecule has 1 fully saturated rings. The van der Waals surface area contributed by atoms with Crippen LogP contribution in [0, 0.1) is 11.2 Å². The van der Waals surface area contributed by atoms with Gasteiger partial charge in [0.05, 0.1) is 13.2 Å². The highest BCUT2D eigenvalue weighted by atomic mass is 19.1. The predicted molar refractivity (Wildman–Crippen MR) is 64.7 cm³/mol. The molecule has 0 heterocycles. The first-order valence-electron chi connectivity index (χ1n) is 6.00. The molecule has 2 rings (SSSR count). The van der Waals surface area contributed by atoms with Crippen molar-refractivity contribution in [2.45, 2.75) is 32.6 Å². The quantitative estimate of drug-likeness (QED) is 0.874. The van der Waals surface area contributed by atoms with E-state index in [-0.39, 0.29) is 29.0 Å². The van der Waals surface area contributed by atoms with Gasteiger partial charge in [0.15, 0.2) is 11.6 Å². The second kappa shape index (κ2) is 3.98. The zero-order chi connectivity index (χ0) is 12.7. The van der Waals surface area contributed by atoms with Gasteiger partial charge in [-0.25, -0.2) is 4.39 Å². The smallest absolute Gasteiger partial charge is 0.165 e. The molecule has 1 N–H and O–H groups in total. The average Bonchev–Trinajstić information content (AvgIpc) is 2.85. The van der Waals surface area contributed by atoms with E-state index in [1.165, 1.54) is 6.07 Å². The maximum Gasteiger partial charge on any atom is 0.165 e. The van der Waals surface area contributed by atoms with Gasteiger partial charge in [0.1, 0.15) is 0 Å². The highest BCUT2D eigenvalue weighted by molar-refractivity contribution is 5.41. The summed E-state index contributed by atoms with van der Waals surface area (Å²) >= 11 is 0. The normalized spacial score (nSPS) is 25.7. The van der Waals surface area contributed by atoms with Crippen LogP contribution >= 0.6 is 0 Å². The van der Waals surface area contributed by atoms with Crippen molar-refractivity contribution in [1.82, 2.24) is 0 Å². The fraction of sp³-hybridized carbons (Fsp3) is 0.571. The Morgan fingerprint density at radius 2 is 2.06 bits per heavy atom. The van der Waals surface area contributed by atoms with E-state index in [2.05, 4.69) is 13.8 Å². The first kappa shape index (κ1) is 12.4. The second-order valence-corrected chi connectivity index (χ2v) is 5.38. The third kappa shape index (κ3) is 1.82. The van der Waals surface area contributed by atoms with E-state index in [1.807, 2.05) is 13.0 Å². The summed E-state index contributed by atoms with van der Waals surface area (Å²) < 4.78 is 18.9. The van der Waals surface area contributed by atoms with Crippen molar-refractivity contribution in [3.05, 3.63) is 29.6 Å². The summed E-state index contributed by atoms with van der Waals surface area (Å²) in [6, 6.07) is 5.01. The van der Waals surface area contributed by atoms with Gasteiger partial charge >= 0.3 is 0 Å². The predicted octanol–water partition coefficient (Wildman–Crippen LogP) is 2.88. The molecule has 1 atom stereocenters. The van der Waals surface area contributed by atoms with Crippen molar-refractivity contribution in [2.24, 2.45) is 5.41 Å². The van der Waals surface area contributed by atoms with Crippen molar-refractivity contribution in [1.29, 1.82) is 0 Å². The molecule has 0 spiro atoms. The number of rotatable bonds is 4. The summed E-state index contributed by atoms with van der Waals surface area (Å²) in [5, 5.41) is 9.56. The lowest BCUT2D eigenvalue weighted by atomic mass is 9.88. The monoisotopic (exact) mass is 238 g/mol. The fourth-order valence-corrected chi connectivity index (χ4v) is 2.64. The van der Waals surface area contributed by atoms with Gasteiger partial charge in [0.2, 0.25) is 0 Å². The minimum atomic E-state index is -0.347. The molecular weight excluding hydrogens is 219 g/mol. The van der Waals surface area contributed by atoms with E-state index >= 15 is 0 Å². The number of halogens is 1. The van der Waals surface area contributed by atoms with Crippen molar-refractivity contribution in [2.75, 3.05) is 13.2 Å². The first-order valence-corrected chi connectivity index (χ1v) is 6.00. The Hall–Kier alpha value is -1.09. The SMILES string of the molecule is CCOc1ccc(C2(CO)CC2(C)C)cc1F. The maximum atomic E-state index is 13.8. The molecule has 1 unspecified atom stereocenters. The number of ether oxygens (including phenoxy) is 1. The van der Waals surface area contributed by atoms with E-state index in [0.717, 1.165) is 12.0 Å². The van der Waals surface area contributed by atoms with Crippen LogP contribution in [0.5, 0.6) is 5.75 Å². The van der Waals surface area contributed by atoms with Crippen LogP contribution < -0.4 is 4.74 Å². The molecule has 0 saturated heterocycles. The molecule has 2 nitrogen and oxygen atoms in total. The molecule has 1 aromatic carbocycles. The second-order valence-electron chi connectivity index (χ2n) is 5.38. The number of benzene rings is 1. The topological polar surface area (TPSA) is 29.5 Å². The van der Waals surface area contributed by atoms with Gasteiger partial charge in [-0.3, -0.25) is 0 Å². The summed E-state index contributed by atoms with van der Waals surface area (Å²) in [5.74, 6) is -0.0670. The van der Waals surface area contributed by atoms with Crippen molar-refractivity contribution in [3.63, 3.8) is 0 Å². The fourth-order valence-electron chi connectivity index (χ4n) is 2.64. The van der Waals surface area contributed by atoms with Gasteiger partial charge in [0, 0.05) is 5.41 Å². The zero-order valence-corrected chi connectivity index (χ0v) is 10.6. The van der Waals surface area contributed by atoms with Crippen LogP contribution in [0.1, 0.15) is 32.8 Å². The average molecular weight is 238 g/mol. The lowest BCUT2D eigenvalue weighted by Gasteiger charge is -2.19. The number of aliphatic hydroxyl groups is 1. The summed E-state index contributed by atoms with van der Waals surface area (Å²) in [7, 11) is 0. The number of aliphatic hydroxyl groups excluding tert-OH is 1. The molecule has 0 bridgehead atoms. The minimum absolute atomic E-state index is 0.0430. The Bertz CT molecular complexity index is 428. The highest BCUT2D eigenvalue weighted by Gasteiger charge is 2.61. The minimum Gasteiger partial charge on any atom is -0.491 e. The number of hydrogen-bond acceptors (Lipinski definition) is 2. The van der Waals surface area contributed by atoms with Gasteiger partial charge in [-0.05, 0) is 36.5 Å². The van der Waals surface area contributed by atoms with Crippen LogP contribution in [0.15, 0.2) is 18.2 Å². The lowest BCUT2D eigenvalue weighted by molar-refractivity contribution is 0.231. The molecule has 94 valence electrons. The zero-order valence-electron chi connectivity index (χ0n) is 10.6. The molecule has 0 aromatic heterocycles. The standard InChI is InChI=1S/C14H19FO2/c1-4-17-12-6-5-10(7-11(12)15)14(9-16)8-13(14,2)3/h5-7,16H,4,8-9H2,1-3H3. The van der Waals surface area contributed by atoms with Crippen LogP contribution in [0.25, 0.3) is 0 Å². The molecule has 0 aliphatic heterocycles. The van der Waals surface area contributed by atoms with Crippen molar-refractivity contribution in [3.8, 4) is 5.75 Å². The molecule has 0 radical (unpaired) electrons. The van der Waals surface area contributed by atoms with Gasteiger partial charge in [-0.1, -0.05) is 19.9 Å². The lowest BCUT2D eigenvalue weighted by Crippen LogP contribution is -2.19. The van der Waals surface area contributed by atoms with Crippen LogP contribution in [0.4, 0.5) is 4.39 Å². The molecule has 1 aliphatic rings.